The lowest BCUT2D eigenvalue weighted by Gasteiger charge is -2.43. The SMILES string of the molecule is CCC1(C)C(=O)NCC(=O)N1Cc1ncccc1C. The lowest BCUT2D eigenvalue weighted by molar-refractivity contribution is -0.153. The molecule has 2 heterocycles. The minimum atomic E-state index is -0.792. The summed E-state index contributed by atoms with van der Waals surface area (Å²) in [6.07, 6.45) is 2.29. The first kappa shape index (κ1) is 13.5. The smallest absolute Gasteiger partial charge is 0.246 e. The molecule has 5 heteroatoms. The summed E-state index contributed by atoms with van der Waals surface area (Å²) in [6.45, 7) is 6.12. The maximum absolute atomic E-state index is 12.1. The van der Waals surface area contributed by atoms with Gasteiger partial charge in [0.15, 0.2) is 0 Å². The zero-order chi connectivity index (χ0) is 14.0. The van der Waals surface area contributed by atoms with Gasteiger partial charge in [0.1, 0.15) is 5.54 Å². The molecule has 5 nitrogen and oxygen atoms in total. The van der Waals surface area contributed by atoms with Crippen molar-refractivity contribution < 1.29 is 9.59 Å². The largest absolute Gasteiger partial charge is 0.345 e. The van der Waals surface area contributed by atoms with Crippen LogP contribution in [-0.2, 0) is 16.1 Å². The van der Waals surface area contributed by atoms with Gasteiger partial charge in [-0.25, -0.2) is 0 Å². The average Bonchev–Trinajstić information content (AvgIpc) is 2.41. The van der Waals surface area contributed by atoms with E-state index in [0.717, 1.165) is 11.3 Å². The standard InChI is InChI=1S/C14H19N3O2/c1-4-14(3)13(19)16-8-12(18)17(14)9-11-10(2)6-5-7-15-11/h5-7H,4,8-9H2,1-3H3,(H,16,19). The van der Waals surface area contributed by atoms with Gasteiger partial charge in [0.05, 0.1) is 18.8 Å². The third-order valence-corrected chi connectivity index (χ3v) is 3.90. The highest BCUT2D eigenvalue weighted by Gasteiger charge is 2.44. The van der Waals surface area contributed by atoms with Crippen molar-refractivity contribution in [3.05, 3.63) is 29.6 Å². The number of aromatic nitrogens is 1. The second-order valence-electron chi connectivity index (χ2n) is 5.06. The maximum Gasteiger partial charge on any atom is 0.246 e. The summed E-state index contributed by atoms with van der Waals surface area (Å²) in [5.41, 5.74) is 1.07. The third kappa shape index (κ3) is 2.32. The normalized spacial score (nSPS) is 23.4. The summed E-state index contributed by atoms with van der Waals surface area (Å²) in [4.78, 5) is 30.1. The zero-order valence-electron chi connectivity index (χ0n) is 11.6. The van der Waals surface area contributed by atoms with E-state index in [4.69, 9.17) is 0 Å². The van der Waals surface area contributed by atoms with Gasteiger partial charge in [0.2, 0.25) is 11.8 Å². The molecule has 1 unspecified atom stereocenters. The highest BCUT2D eigenvalue weighted by atomic mass is 16.2. The molecule has 0 aromatic carbocycles. The topological polar surface area (TPSA) is 62.3 Å². The number of carbonyl (C=O) groups excluding carboxylic acids is 2. The molecule has 1 aliphatic rings. The van der Waals surface area contributed by atoms with Gasteiger partial charge in [-0.2, -0.15) is 0 Å². The van der Waals surface area contributed by atoms with Gasteiger partial charge in [-0.15, -0.1) is 0 Å². The van der Waals surface area contributed by atoms with E-state index in [1.165, 1.54) is 0 Å². The lowest BCUT2D eigenvalue weighted by Crippen LogP contribution is -2.65. The second kappa shape index (κ2) is 4.99. The highest BCUT2D eigenvalue weighted by Crippen LogP contribution is 2.25. The minimum absolute atomic E-state index is 0.0611. The Morgan fingerprint density at radius 3 is 2.84 bits per heavy atom. The Hall–Kier alpha value is -1.91. The molecule has 19 heavy (non-hydrogen) atoms. The van der Waals surface area contributed by atoms with Crippen LogP contribution in [-0.4, -0.2) is 33.8 Å². The van der Waals surface area contributed by atoms with Crippen molar-refractivity contribution in [3.8, 4) is 0 Å². The number of rotatable bonds is 3. The average molecular weight is 261 g/mol. The molecule has 1 atom stereocenters. The molecule has 2 rings (SSSR count). The van der Waals surface area contributed by atoms with Crippen molar-refractivity contribution in [2.24, 2.45) is 0 Å². The van der Waals surface area contributed by atoms with Crippen LogP contribution in [0.4, 0.5) is 0 Å². The number of carbonyl (C=O) groups is 2. The molecule has 0 aliphatic carbocycles. The summed E-state index contributed by atoms with van der Waals surface area (Å²) in [5, 5.41) is 2.65. The Labute approximate surface area is 113 Å². The van der Waals surface area contributed by atoms with Crippen LogP contribution in [0.15, 0.2) is 18.3 Å². The Balaban J connectivity index is 2.32. The van der Waals surface area contributed by atoms with E-state index >= 15 is 0 Å². The first-order valence-electron chi connectivity index (χ1n) is 6.48. The van der Waals surface area contributed by atoms with Crippen molar-refractivity contribution in [3.63, 3.8) is 0 Å². The molecular formula is C14H19N3O2. The number of nitrogens with zero attached hydrogens (tertiary/aromatic N) is 2. The van der Waals surface area contributed by atoms with Crippen molar-refractivity contribution in [1.29, 1.82) is 0 Å². The van der Waals surface area contributed by atoms with Crippen LogP contribution in [0.25, 0.3) is 0 Å². The molecule has 0 bridgehead atoms. The molecule has 102 valence electrons. The maximum atomic E-state index is 12.1. The quantitative estimate of drug-likeness (QED) is 0.883. The van der Waals surface area contributed by atoms with Crippen LogP contribution in [0.3, 0.4) is 0 Å². The van der Waals surface area contributed by atoms with Crippen LogP contribution in [0.1, 0.15) is 31.5 Å². The molecular weight excluding hydrogens is 242 g/mol. The number of aryl methyl sites for hydroxylation is 1. The van der Waals surface area contributed by atoms with Crippen molar-refractivity contribution >= 4 is 11.8 Å². The van der Waals surface area contributed by atoms with Crippen LogP contribution in [0.2, 0.25) is 0 Å². The van der Waals surface area contributed by atoms with Crippen LogP contribution in [0.5, 0.6) is 0 Å². The molecule has 1 N–H and O–H groups in total. The number of piperazine rings is 1. The van der Waals surface area contributed by atoms with Crippen LogP contribution in [0, 0.1) is 6.92 Å². The fourth-order valence-electron chi connectivity index (χ4n) is 2.29. The summed E-state index contributed by atoms with van der Waals surface area (Å²) in [7, 11) is 0. The van der Waals surface area contributed by atoms with Gasteiger partial charge < -0.3 is 10.2 Å². The number of nitrogens with one attached hydrogen (secondary N) is 1. The number of hydrogen-bond donors (Lipinski definition) is 1. The second-order valence-corrected chi connectivity index (χ2v) is 5.06. The number of pyridine rings is 1. The van der Waals surface area contributed by atoms with Gasteiger partial charge in [0.25, 0.3) is 0 Å². The minimum Gasteiger partial charge on any atom is -0.345 e. The van der Waals surface area contributed by atoms with Crippen LogP contribution < -0.4 is 5.32 Å². The Kier molecular flexibility index (Phi) is 3.55. The summed E-state index contributed by atoms with van der Waals surface area (Å²) in [6, 6.07) is 3.82. The van der Waals surface area contributed by atoms with Gasteiger partial charge in [-0.3, -0.25) is 14.6 Å². The third-order valence-electron chi connectivity index (χ3n) is 3.90. The molecule has 0 saturated carbocycles. The summed E-state index contributed by atoms with van der Waals surface area (Å²) >= 11 is 0. The Morgan fingerprint density at radius 1 is 1.47 bits per heavy atom. The first-order valence-corrected chi connectivity index (χ1v) is 6.48. The summed E-state index contributed by atoms with van der Waals surface area (Å²) < 4.78 is 0. The number of hydrogen-bond acceptors (Lipinski definition) is 3. The molecule has 1 fully saturated rings. The monoisotopic (exact) mass is 261 g/mol. The fourth-order valence-corrected chi connectivity index (χ4v) is 2.29. The zero-order valence-corrected chi connectivity index (χ0v) is 11.6. The van der Waals surface area contributed by atoms with Crippen molar-refractivity contribution in [2.75, 3.05) is 6.54 Å². The highest BCUT2D eigenvalue weighted by molar-refractivity contribution is 5.97. The number of amides is 2. The van der Waals surface area contributed by atoms with E-state index in [0.29, 0.717) is 13.0 Å². The van der Waals surface area contributed by atoms with Crippen molar-refractivity contribution in [1.82, 2.24) is 15.2 Å². The molecule has 2 amide bonds. The Bertz CT molecular complexity index is 515. The van der Waals surface area contributed by atoms with E-state index in [1.54, 1.807) is 18.0 Å². The molecule has 1 saturated heterocycles. The predicted octanol–water partition coefficient (Wildman–Crippen LogP) is 1.02. The van der Waals surface area contributed by atoms with E-state index in [1.807, 2.05) is 26.0 Å². The molecule has 1 aromatic heterocycles. The van der Waals surface area contributed by atoms with Gasteiger partial charge in [-0.1, -0.05) is 13.0 Å². The lowest BCUT2D eigenvalue weighted by atomic mass is 9.92. The van der Waals surface area contributed by atoms with E-state index in [-0.39, 0.29) is 18.4 Å². The van der Waals surface area contributed by atoms with Crippen molar-refractivity contribution in [2.45, 2.75) is 39.3 Å². The van der Waals surface area contributed by atoms with Crippen LogP contribution >= 0.6 is 0 Å². The van der Waals surface area contributed by atoms with Gasteiger partial charge >= 0.3 is 0 Å². The molecule has 0 radical (unpaired) electrons. The Morgan fingerprint density at radius 2 is 2.21 bits per heavy atom. The predicted molar refractivity (Wildman–Crippen MR) is 71.2 cm³/mol. The fraction of sp³-hybridized carbons (Fsp3) is 0.500. The van der Waals surface area contributed by atoms with E-state index < -0.39 is 5.54 Å². The van der Waals surface area contributed by atoms with E-state index in [2.05, 4.69) is 10.3 Å². The van der Waals surface area contributed by atoms with Gasteiger partial charge in [0, 0.05) is 6.20 Å². The molecule has 1 aliphatic heterocycles. The summed E-state index contributed by atoms with van der Waals surface area (Å²) in [5.74, 6) is -0.155. The molecule has 1 aromatic rings. The first-order chi connectivity index (χ1) is 8.99. The van der Waals surface area contributed by atoms with E-state index in [9.17, 15) is 9.59 Å². The molecule has 0 spiro atoms. The van der Waals surface area contributed by atoms with Gasteiger partial charge in [-0.05, 0) is 31.9 Å².